The van der Waals surface area contributed by atoms with Gasteiger partial charge in [-0.15, -0.1) is 0 Å². The highest BCUT2D eigenvalue weighted by molar-refractivity contribution is 5.97. The van der Waals surface area contributed by atoms with Gasteiger partial charge in [-0.3, -0.25) is 4.79 Å². The minimum Gasteiger partial charge on any atom is -0.391 e. The second-order valence-electron chi connectivity index (χ2n) is 7.21. The van der Waals surface area contributed by atoms with Gasteiger partial charge in [-0.25, -0.2) is 13.8 Å². The van der Waals surface area contributed by atoms with Gasteiger partial charge in [0.2, 0.25) is 5.95 Å². The Labute approximate surface area is 150 Å². The summed E-state index contributed by atoms with van der Waals surface area (Å²) in [5.41, 5.74) is 2.05. The zero-order valence-corrected chi connectivity index (χ0v) is 14.7. The van der Waals surface area contributed by atoms with Crippen molar-refractivity contribution in [2.75, 3.05) is 31.1 Å². The standard InChI is InChI=1S/C18H22F2N4O2/c1-22-15-3-2-12(16(26)23-8-5-18(19,20)6-9-23)10-14(15)21-17(22)24-7-4-13(25)11-24/h2-3,10,13,25H,4-9,11H2,1H3. The number of anilines is 1. The van der Waals surface area contributed by atoms with E-state index in [2.05, 4.69) is 4.98 Å². The number of hydrogen-bond donors (Lipinski definition) is 1. The molecule has 6 nitrogen and oxygen atoms in total. The summed E-state index contributed by atoms with van der Waals surface area (Å²) >= 11 is 0. The van der Waals surface area contributed by atoms with Crippen LogP contribution in [0.1, 0.15) is 29.6 Å². The number of amides is 1. The first-order valence-electron chi connectivity index (χ1n) is 8.91. The maximum Gasteiger partial charge on any atom is 0.253 e. The lowest BCUT2D eigenvalue weighted by molar-refractivity contribution is -0.0494. The van der Waals surface area contributed by atoms with Crippen LogP contribution >= 0.6 is 0 Å². The van der Waals surface area contributed by atoms with Crippen LogP contribution in [0.4, 0.5) is 14.7 Å². The van der Waals surface area contributed by atoms with Crippen molar-refractivity contribution in [3.63, 3.8) is 0 Å². The highest BCUT2D eigenvalue weighted by atomic mass is 19.3. The number of carbonyl (C=O) groups excluding carboxylic acids is 1. The molecule has 26 heavy (non-hydrogen) atoms. The van der Waals surface area contributed by atoms with Gasteiger partial charge in [0.25, 0.3) is 11.8 Å². The fourth-order valence-corrected chi connectivity index (χ4v) is 3.75. The summed E-state index contributed by atoms with van der Waals surface area (Å²) < 4.78 is 28.6. The van der Waals surface area contributed by atoms with Crippen molar-refractivity contribution >= 4 is 22.9 Å². The van der Waals surface area contributed by atoms with E-state index in [0.717, 1.165) is 18.0 Å². The van der Waals surface area contributed by atoms with Gasteiger partial charge in [0.15, 0.2) is 0 Å². The molecule has 0 aliphatic carbocycles. The predicted molar refractivity (Wildman–Crippen MR) is 93.6 cm³/mol. The maximum absolute atomic E-state index is 13.3. The highest BCUT2D eigenvalue weighted by Crippen LogP contribution is 2.29. The third-order valence-corrected chi connectivity index (χ3v) is 5.33. The second-order valence-corrected chi connectivity index (χ2v) is 7.21. The number of aryl methyl sites for hydroxylation is 1. The molecule has 2 fully saturated rings. The number of nitrogens with zero attached hydrogens (tertiary/aromatic N) is 4. The Balaban J connectivity index is 1.58. The van der Waals surface area contributed by atoms with E-state index in [9.17, 15) is 18.7 Å². The Bertz CT molecular complexity index is 841. The van der Waals surface area contributed by atoms with Crippen LogP contribution in [0.5, 0.6) is 0 Å². The van der Waals surface area contributed by atoms with Gasteiger partial charge < -0.3 is 19.5 Å². The average molecular weight is 364 g/mol. The number of piperidine rings is 1. The van der Waals surface area contributed by atoms with E-state index in [-0.39, 0.29) is 37.9 Å². The Morgan fingerprint density at radius 2 is 2.00 bits per heavy atom. The van der Waals surface area contributed by atoms with E-state index in [4.69, 9.17) is 0 Å². The Kier molecular flexibility index (Phi) is 4.10. The van der Waals surface area contributed by atoms with Crippen LogP contribution in [0, 0.1) is 0 Å². The number of likely N-dealkylation sites (tertiary alicyclic amines) is 1. The summed E-state index contributed by atoms with van der Waals surface area (Å²) in [7, 11) is 1.91. The molecule has 0 saturated carbocycles. The number of benzene rings is 1. The summed E-state index contributed by atoms with van der Waals surface area (Å²) in [6, 6.07) is 5.28. The third kappa shape index (κ3) is 3.02. The summed E-state index contributed by atoms with van der Waals surface area (Å²) in [5, 5.41) is 9.74. The van der Waals surface area contributed by atoms with Crippen LogP contribution in [-0.2, 0) is 7.05 Å². The monoisotopic (exact) mass is 364 g/mol. The lowest BCUT2D eigenvalue weighted by Crippen LogP contribution is -2.42. The van der Waals surface area contributed by atoms with E-state index in [0.29, 0.717) is 24.0 Å². The molecule has 0 bridgehead atoms. The van der Waals surface area contributed by atoms with Crippen molar-refractivity contribution in [1.82, 2.24) is 14.5 Å². The number of aliphatic hydroxyl groups is 1. The number of alkyl halides is 2. The topological polar surface area (TPSA) is 61.6 Å². The van der Waals surface area contributed by atoms with Crippen LogP contribution in [0.25, 0.3) is 11.0 Å². The minimum absolute atomic E-state index is 0.0724. The number of halogens is 2. The molecule has 0 spiro atoms. The molecule has 2 aromatic rings. The second kappa shape index (κ2) is 6.19. The molecule has 4 rings (SSSR count). The molecule has 2 aliphatic rings. The van der Waals surface area contributed by atoms with Gasteiger partial charge in [-0.1, -0.05) is 0 Å². The molecule has 1 atom stereocenters. The van der Waals surface area contributed by atoms with Crippen molar-refractivity contribution < 1.29 is 18.7 Å². The molecule has 1 N–H and O–H groups in total. The molecule has 2 saturated heterocycles. The summed E-state index contributed by atoms with van der Waals surface area (Å²) in [4.78, 5) is 20.8. The quantitative estimate of drug-likeness (QED) is 0.886. The van der Waals surface area contributed by atoms with Crippen molar-refractivity contribution in [3.05, 3.63) is 23.8 Å². The summed E-state index contributed by atoms with van der Waals surface area (Å²) in [6.07, 6.45) is -0.200. The number of aliphatic hydroxyl groups excluding tert-OH is 1. The van der Waals surface area contributed by atoms with Crippen LogP contribution < -0.4 is 4.90 Å². The fourth-order valence-electron chi connectivity index (χ4n) is 3.75. The first-order valence-corrected chi connectivity index (χ1v) is 8.91. The number of carbonyl (C=O) groups is 1. The van der Waals surface area contributed by atoms with Gasteiger partial charge >= 0.3 is 0 Å². The van der Waals surface area contributed by atoms with Crippen molar-refractivity contribution in [2.24, 2.45) is 7.05 Å². The van der Waals surface area contributed by atoms with Crippen LogP contribution in [-0.4, -0.2) is 63.7 Å². The summed E-state index contributed by atoms with van der Waals surface area (Å²) in [5.74, 6) is -2.14. The lowest BCUT2D eigenvalue weighted by Gasteiger charge is -2.31. The normalized spacial score (nSPS) is 23.0. The average Bonchev–Trinajstić information content (AvgIpc) is 3.17. The van der Waals surface area contributed by atoms with Gasteiger partial charge in [0.1, 0.15) is 0 Å². The van der Waals surface area contributed by atoms with Crippen LogP contribution in [0.2, 0.25) is 0 Å². The minimum atomic E-state index is -2.67. The number of fused-ring (bicyclic) bond motifs is 1. The fraction of sp³-hybridized carbons (Fsp3) is 0.556. The maximum atomic E-state index is 13.3. The van der Waals surface area contributed by atoms with Crippen molar-refractivity contribution in [3.8, 4) is 0 Å². The van der Waals surface area contributed by atoms with Crippen LogP contribution in [0.3, 0.4) is 0 Å². The van der Waals surface area contributed by atoms with Gasteiger partial charge in [0.05, 0.1) is 17.1 Å². The first kappa shape index (κ1) is 17.2. The molecule has 8 heteroatoms. The molecule has 3 heterocycles. The number of imidazole rings is 1. The number of β-amino-alcohol motifs (C(OH)–C–C–N with tert-alkyl or cyclic N) is 1. The zero-order valence-electron chi connectivity index (χ0n) is 14.7. The SMILES string of the molecule is Cn1c(N2CCC(O)C2)nc2cc(C(=O)N3CCC(F)(F)CC3)ccc21. The Hall–Kier alpha value is -2.22. The Morgan fingerprint density at radius 1 is 1.27 bits per heavy atom. The molecular formula is C18H22F2N4O2. The zero-order chi connectivity index (χ0) is 18.5. The van der Waals surface area contributed by atoms with E-state index < -0.39 is 5.92 Å². The van der Waals surface area contributed by atoms with Gasteiger partial charge in [-0.2, -0.15) is 0 Å². The van der Waals surface area contributed by atoms with Crippen molar-refractivity contribution in [1.29, 1.82) is 0 Å². The molecule has 1 aromatic heterocycles. The number of aromatic nitrogens is 2. The Morgan fingerprint density at radius 3 is 2.65 bits per heavy atom. The lowest BCUT2D eigenvalue weighted by atomic mass is 10.1. The number of rotatable bonds is 2. The highest BCUT2D eigenvalue weighted by Gasteiger charge is 2.36. The van der Waals surface area contributed by atoms with E-state index in [1.54, 1.807) is 12.1 Å². The molecule has 140 valence electrons. The van der Waals surface area contributed by atoms with E-state index >= 15 is 0 Å². The van der Waals surface area contributed by atoms with Crippen molar-refractivity contribution in [2.45, 2.75) is 31.3 Å². The molecule has 0 radical (unpaired) electrons. The molecule has 1 aromatic carbocycles. The van der Waals surface area contributed by atoms with Gasteiger partial charge in [-0.05, 0) is 24.6 Å². The largest absolute Gasteiger partial charge is 0.391 e. The molecule has 1 amide bonds. The van der Waals surface area contributed by atoms with E-state index in [1.807, 2.05) is 22.6 Å². The predicted octanol–water partition coefficient (Wildman–Crippen LogP) is 2.02. The smallest absolute Gasteiger partial charge is 0.253 e. The molecule has 1 unspecified atom stereocenters. The molecular weight excluding hydrogens is 342 g/mol. The number of hydrogen-bond acceptors (Lipinski definition) is 4. The van der Waals surface area contributed by atoms with Gasteiger partial charge in [0, 0.05) is 51.6 Å². The van der Waals surface area contributed by atoms with Crippen LogP contribution in [0.15, 0.2) is 18.2 Å². The molecule has 2 aliphatic heterocycles. The van der Waals surface area contributed by atoms with E-state index in [1.165, 1.54) is 4.90 Å². The summed E-state index contributed by atoms with van der Waals surface area (Å²) in [6.45, 7) is 1.43. The third-order valence-electron chi connectivity index (χ3n) is 5.33. The first-order chi connectivity index (χ1) is 12.3.